The van der Waals surface area contributed by atoms with Crippen molar-refractivity contribution in [3.8, 4) is 17.2 Å². The number of phenols is 2. The second-order valence-corrected chi connectivity index (χ2v) is 6.07. The number of hydrogen-bond acceptors (Lipinski definition) is 5. The highest BCUT2D eigenvalue weighted by molar-refractivity contribution is 5.94. The number of aromatic nitrogens is 3. The maximum absolute atomic E-state index is 12.2. The van der Waals surface area contributed by atoms with Crippen LogP contribution < -0.4 is 5.32 Å². The zero-order chi connectivity index (χ0) is 18.8. The molecule has 134 valence electrons. The summed E-state index contributed by atoms with van der Waals surface area (Å²) in [6, 6.07) is 18.5. The predicted molar refractivity (Wildman–Crippen MR) is 101 cm³/mol. The van der Waals surface area contributed by atoms with Gasteiger partial charge in [0.25, 0.3) is 0 Å². The Morgan fingerprint density at radius 3 is 2.44 bits per heavy atom. The highest BCUT2D eigenvalue weighted by atomic mass is 16.3. The van der Waals surface area contributed by atoms with Gasteiger partial charge in [-0.2, -0.15) is 0 Å². The van der Waals surface area contributed by atoms with E-state index in [1.54, 1.807) is 66.7 Å². The molecule has 1 heterocycles. The van der Waals surface area contributed by atoms with Gasteiger partial charge < -0.3 is 15.5 Å². The first kappa shape index (κ1) is 16.6. The van der Waals surface area contributed by atoms with Crippen molar-refractivity contribution in [2.45, 2.75) is 6.42 Å². The zero-order valence-electron chi connectivity index (χ0n) is 14.2. The number of carbonyl (C=O) groups is 1. The Labute approximate surface area is 154 Å². The van der Waals surface area contributed by atoms with Crippen LogP contribution in [0, 0.1) is 0 Å². The molecule has 0 unspecified atom stereocenters. The summed E-state index contributed by atoms with van der Waals surface area (Å²) < 4.78 is 0. The zero-order valence-corrected chi connectivity index (χ0v) is 14.2. The lowest BCUT2D eigenvalue weighted by atomic mass is 10.1. The molecule has 27 heavy (non-hydrogen) atoms. The van der Waals surface area contributed by atoms with E-state index in [2.05, 4.69) is 15.5 Å². The highest BCUT2D eigenvalue weighted by Crippen LogP contribution is 2.22. The summed E-state index contributed by atoms with van der Waals surface area (Å²) in [7, 11) is 0. The Kier molecular flexibility index (Phi) is 4.18. The molecule has 1 aromatic heterocycles. The van der Waals surface area contributed by atoms with E-state index in [4.69, 9.17) is 0 Å². The van der Waals surface area contributed by atoms with Crippen LogP contribution in [-0.2, 0) is 11.2 Å². The first-order valence-electron chi connectivity index (χ1n) is 8.32. The standard InChI is InChI=1S/C20H16N4O3/c25-15-8-5-13(6-9-15)11-20(27)21-14-7-10-16-17(12-14)23-24(22-16)18-3-1-2-4-19(18)26/h1-10,12,25-26H,11H2,(H,21,27). The fourth-order valence-corrected chi connectivity index (χ4v) is 2.74. The van der Waals surface area contributed by atoms with Gasteiger partial charge >= 0.3 is 0 Å². The molecule has 0 atom stereocenters. The summed E-state index contributed by atoms with van der Waals surface area (Å²) in [5.74, 6) is 0.0746. The molecular formula is C20H16N4O3. The number of rotatable bonds is 4. The third kappa shape index (κ3) is 3.57. The first-order valence-corrected chi connectivity index (χ1v) is 8.32. The Hall–Kier alpha value is -3.87. The van der Waals surface area contributed by atoms with Crippen LogP contribution in [0.25, 0.3) is 16.7 Å². The number of aromatic hydroxyl groups is 2. The van der Waals surface area contributed by atoms with Crippen LogP contribution in [-0.4, -0.2) is 31.1 Å². The van der Waals surface area contributed by atoms with Crippen LogP contribution in [0.3, 0.4) is 0 Å². The average molecular weight is 360 g/mol. The monoisotopic (exact) mass is 360 g/mol. The molecule has 0 aliphatic carbocycles. The summed E-state index contributed by atoms with van der Waals surface area (Å²) in [6.07, 6.45) is 0.197. The van der Waals surface area contributed by atoms with E-state index in [1.807, 2.05) is 0 Å². The van der Waals surface area contributed by atoms with Gasteiger partial charge in [-0.15, -0.1) is 15.0 Å². The second kappa shape index (κ2) is 6.80. The highest BCUT2D eigenvalue weighted by Gasteiger charge is 2.10. The first-order chi connectivity index (χ1) is 13.1. The van der Waals surface area contributed by atoms with Crippen molar-refractivity contribution in [2.24, 2.45) is 0 Å². The Bertz CT molecular complexity index is 1120. The summed E-state index contributed by atoms with van der Waals surface area (Å²) in [5.41, 5.74) is 3.13. The van der Waals surface area contributed by atoms with Crippen molar-refractivity contribution >= 4 is 22.6 Å². The molecule has 0 aliphatic heterocycles. The minimum absolute atomic E-state index is 0.0835. The third-order valence-corrected chi connectivity index (χ3v) is 4.06. The fraction of sp³-hybridized carbons (Fsp3) is 0.0500. The minimum Gasteiger partial charge on any atom is -0.508 e. The number of amides is 1. The van der Waals surface area contributed by atoms with Crippen molar-refractivity contribution in [1.29, 1.82) is 0 Å². The molecular weight excluding hydrogens is 344 g/mol. The Morgan fingerprint density at radius 1 is 0.926 bits per heavy atom. The Balaban J connectivity index is 1.54. The summed E-state index contributed by atoms with van der Waals surface area (Å²) in [6.45, 7) is 0. The molecule has 0 saturated carbocycles. The molecule has 1 amide bonds. The average Bonchev–Trinajstić information content (AvgIpc) is 3.07. The summed E-state index contributed by atoms with van der Waals surface area (Å²) >= 11 is 0. The molecule has 0 aliphatic rings. The lowest BCUT2D eigenvalue weighted by Gasteiger charge is -2.05. The number of nitrogens with zero attached hydrogens (tertiary/aromatic N) is 3. The molecule has 7 nitrogen and oxygen atoms in total. The van der Waals surface area contributed by atoms with Crippen LogP contribution in [0.1, 0.15) is 5.56 Å². The predicted octanol–water partition coefficient (Wildman–Crippen LogP) is 3.01. The van der Waals surface area contributed by atoms with E-state index in [9.17, 15) is 15.0 Å². The van der Waals surface area contributed by atoms with Crippen molar-refractivity contribution < 1.29 is 15.0 Å². The lowest BCUT2D eigenvalue weighted by molar-refractivity contribution is -0.115. The van der Waals surface area contributed by atoms with Gasteiger partial charge in [-0.05, 0) is 48.0 Å². The van der Waals surface area contributed by atoms with Crippen molar-refractivity contribution in [2.75, 3.05) is 5.32 Å². The normalized spacial score (nSPS) is 10.8. The van der Waals surface area contributed by atoms with E-state index in [0.717, 1.165) is 5.56 Å². The maximum Gasteiger partial charge on any atom is 0.228 e. The molecule has 4 aromatic rings. The second-order valence-electron chi connectivity index (χ2n) is 6.07. The van der Waals surface area contributed by atoms with E-state index in [0.29, 0.717) is 22.4 Å². The molecule has 0 spiro atoms. The van der Waals surface area contributed by atoms with Crippen LogP contribution in [0.2, 0.25) is 0 Å². The van der Waals surface area contributed by atoms with Crippen molar-refractivity contribution in [3.63, 3.8) is 0 Å². The number of phenolic OH excluding ortho intramolecular Hbond substituents is 2. The molecule has 0 radical (unpaired) electrons. The topological polar surface area (TPSA) is 100 Å². The van der Waals surface area contributed by atoms with Gasteiger partial charge in [0.2, 0.25) is 5.91 Å². The summed E-state index contributed by atoms with van der Waals surface area (Å²) in [4.78, 5) is 13.6. The molecule has 0 fully saturated rings. The van der Waals surface area contributed by atoms with Gasteiger partial charge in [0.1, 0.15) is 28.2 Å². The van der Waals surface area contributed by atoms with E-state index >= 15 is 0 Å². The number of hydrogen-bond donors (Lipinski definition) is 3. The van der Waals surface area contributed by atoms with Crippen LogP contribution in [0.15, 0.2) is 66.7 Å². The smallest absolute Gasteiger partial charge is 0.228 e. The number of benzene rings is 3. The number of nitrogens with one attached hydrogen (secondary N) is 1. The largest absolute Gasteiger partial charge is 0.508 e. The fourth-order valence-electron chi connectivity index (χ4n) is 2.74. The van der Waals surface area contributed by atoms with Gasteiger partial charge in [-0.3, -0.25) is 4.79 Å². The lowest BCUT2D eigenvalue weighted by Crippen LogP contribution is -2.14. The maximum atomic E-state index is 12.2. The van der Waals surface area contributed by atoms with E-state index in [1.165, 1.54) is 4.80 Å². The number of para-hydroxylation sites is 2. The third-order valence-electron chi connectivity index (χ3n) is 4.06. The molecule has 3 aromatic carbocycles. The van der Waals surface area contributed by atoms with Crippen molar-refractivity contribution in [3.05, 3.63) is 72.3 Å². The van der Waals surface area contributed by atoms with Crippen LogP contribution in [0.4, 0.5) is 5.69 Å². The SMILES string of the molecule is O=C(Cc1ccc(O)cc1)Nc1ccc2nn(-c3ccccc3O)nc2c1. The van der Waals surface area contributed by atoms with Crippen LogP contribution in [0.5, 0.6) is 11.5 Å². The van der Waals surface area contributed by atoms with Gasteiger partial charge in [0, 0.05) is 5.69 Å². The molecule has 0 bridgehead atoms. The van der Waals surface area contributed by atoms with Gasteiger partial charge in [-0.25, -0.2) is 0 Å². The van der Waals surface area contributed by atoms with Gasteiger partial charge in [0.05, 0.1) is 6.42 Å². The molecule has 4 rings (SSSR count). The van der Waals surface area contributed by atoms with Gasteiger partial charge in [-0.1, -0.05) is 24.3 Å². The summed E-state index contributed by atoms with van der Waals surface area (Å²) in [5, 5.41) is 30.8. The van der Waals surface area contributed by atoms with E-state index in [-0.39, 0.29) is 23.8 Å². The Morgan fingerprint density at radius 2 is 1.67 bits per heavy atom. The minimum atomic E-state index is -0.173. The van der Waals surface area contributed by atoms with Gasteiger partial charge in [0.15, 0.2) is 0 Å². The molecule has 0 saturated heterocycles. The van der Waals surface area contributed by atoms with Crippen molar-refractivity contribution in [1.82, 2.24) is 15.0 Å². The number of anilines is 1. The van der Waals surface area contributed by atoms with E-state index < -0.39 is 0 Å². The number of fused-ring (bicyclic) bond motifs is 1. The molecule has 7 heteroatoms. The van der Waals surface area contributed by atoms with Crippen LogP contribution >= 0.6 is 0 Å². The number of carbonyl (C=O) groups excluding carboxylic acids is 1. The molecule has 3 N–H and O–H groups in total. The quantitative estimate of drug-likeness (QED) is 0.519.